The van der Waals surface area contributed by atoms with E-state index in [9.17, 15) is 0 Å². The van der Waals surface area contributed by atoms with Crippen LogP contribution in [0.5, 0.6) is 0 Å². The van der Waals surface area contributed by atoms with E-state index >= 15 is 0 Å². The summed E-state index contributed by atoms with van der Waals surface area (Å²) in [6.45, 7) is 6.56. The van der Waals surface area contributed by atoms with Crippen LogP contribution in [0.3, 0.4) is 0 Å². The molecular weight excluding hydrogens is 346 g/mol. The van der Waals surface area contributed by atoms with Crippen LogP contribution in [-0.4, -0.2) is 84.8 Å². The van der Waals surface area contributed by atoms with Crippen LogP contribution >= 0.6 is 0 Å². The van der Waals surface area contributed by atoms with Gasteiger partial charge < -0.3 is 0 Å². The van der Waals surface area contributed by atoms with Gasteiger partial charge in [0.05, 0.1) is 0 Å². The molecule has 9 heteroatoms. The zero-order chi connectivity index (χ0) is 18.5. The Balaban J connectivity index is 4.38. The zero-order valence-corrected chi connectivity index (χ0v) is 18.6. The molecule has 0 atom stereocenters. The van der Waals surface area contributed by atoms with Gasteiger partial charge in [-0.05, 0) is 0 Å². The SMILES string of the molecule is C=CCN(CCC[SiH-](OC)(OC)OC)CCC[SiH-](OC)(OC)OC. The Bertz CT molecular complexity index is 285. The van der Waals surface area contributed by atoms with Crippen molar-refractivity contribution in [2.75, 3.05) is 62.3 Å². The Morgan fingerprint density at radius 1 is 0.708 bits per heavy atom. The van der Waals surface area contributed by atoms with Crippen molar-refractivity contribution in [1.29, 1.82) is 0 Å². The third kappa shape index (κ3) is 7.85. The standard InChI is InChI=1S/C15H37NO6Si2/c1-8-11-16(12-9-14-23(17-2,18-3)19-4)13-10-15-24(20-5,21-6)22-7/h8,23-24H,1,9-15H2,2-7H3/q-2. The van der Waals surface area contributed by atoms with E-state index in [2.05, 4.69) is 11.5 Å². The van der Waals surface area contributed by atoms with Crippen molar-refractivity contribution in [1.82, 2.24) is 4.90 Å². The van der Waals surface area contributed by atoms with E-state index in [1.54, 1.807) is 42.7 Å². The van der Waals surface area contributed by atoms with E-state index in [0.29, 0.717) is 0 Å². The van der Waals surface area contributed by atoms with Gasteiger partial charge in [0.2, 0.25) is 0 Å². The summed E-state index contributed by atoms with van der Waals surface area (Å²) in [5.41, 5.74) is 0. The molecule has 0 saturated carbocycles. The Morgan fingerprint density at radius 3 is 1.29 bits per heavy atom. The van der Waals surface area contributed by atoms with Gasteiger partial charge in [-0.25, -0.2) is 0 Å². The molecule has 0 heterocycles. The molecule has 0 unspecified atom stereocenters. The molecule has 0 spiro atoms. The van der Waals surface area contributed by atoms with Gasteiger partial charge in [-0.15, -0.1) is 0 Å². The summed E-state index contributed by atoms with van der Waals surface area (Å²) in [7, 11) is 4.35. The van der Waals surface area contributed by atoms with Gasteiger partial charge in [-0.1, -0.05) is 0 Å². The summed E-state index contributed by atoms with van der Waals surface area (Å²) in [5, 5.41) is 0. The van der Waals surface area contributed by atoms with Crippen LogP contribution in [0.1, 0.15) is 12.8 Å². The van der Waals surface area contributed by atoms with Gasteiger partial charge in [0.15, 0.2) is 0 Å². The molecule has 0 aromatic rings. The number of rotatable bonds is 16. The van der Waals surface area contributed by atoms with E-state index in [0.717, 1.165) is 44.6 Å². The molecule has 0 aliphatic heterocycles. The summed E-state index contributed by atoms with van der Waals surface area (Å²) < 4.78 is 32.9. The molecule has 0 N–H and O–H groups in total. The predicted molar refractivity (Wildman–Crippen MR) is 102 cm³/mol. The van der Waals surface area contributed by atoms with Crippen molar-refractivity contribution in [2.24, 2.45) is 0 Å². The minimum absolute atomic E-state index is 0.818. The fraction of sp³-hybridized carbons (Fsp3) is 0.867. The van der Waals surface area contributed by atoms with Crippen LogP contribution in [0.15, 0.2) is 12.7 Å². The molecule has 0 rings (SSSR count). The molecule has 0 aliphatic carbocycles. The second-order valence-corrected chi connectivity index (χ2v) is 13.0. The Hall–Kier alpha value is -0.106. The van der Waals surface area contributed by atoms with Crippen molar-refractivity contribution >= 4 is 17.6 Å². The maximum atomic E-state index is 5.49. The summed E-state index contributed by atoms with van der Waals surface area (Å²) >= 11 is 0. The average Bonchev–Trinajstić information content (AvgIpc) is 2.63. The first-order valence-electron chi connectivity index (χ1n) is 8.45. The first-order valence-corrected chi connectivity index (χ1v) is 12.9. The number of hydrogen-bond donors (Lipinski definition) is 0. The monoisotopic (exact) mass is 383 g/mol. The summed E-state index contributed by atoms with van der Waals surface area (Å²) in [5.74, 6) is 0. The first kappa shape index (κ1) is 23.9. The maximum absolute atomic E-state index is 5.49. The van der Waals surface area contributed by atoms with Crippen LogP contribution in [0, 0.1) is 0 Å². The molecule has 148 valence electrons. The molecule has 0 aromatic heterocycles. The van der Waals surface area contributed by atoms with Gasteiger partial charge in [-0.2, -0.15) is 0 Å². The van der Waals surface area contributed by atoms with E-state index < -0.39 is 17.6 Å². The molecular formula is C15H37NO6Si2-2. The van der Waals surface area contributed by atoms with E-state index in [1.165, 1.54) is 0 Å². The van der Waals surface area contributed by atoms with Gasteiger partial charge in [0.1, 0.15) is 0 Å². The Morgan fingerprint density at radius 2 is 1.04 bits per heavy atom. The van der Waals surface area contributed by atoms with Gasteiger partial charge in [0, 0.05) is 0 Å². The normalized spacial score (nSPS) is 14.1. The quantitative estimate of drug-likeness (QED) is 0.295. The van der Waals surface area contributed by atoms with Gasteiger partial charge in [-0.3, -0.25) is 0 Å². The van der Waals surface area contributed by atoms with Gasteiger partial charge in [0.25, 0.3) is 0 Å². The summed E-state index contributed by atoms with van der Waals surface area (Å²) in [6, 6.07) is 1.64. The predicted octanol–water partition coefficient (Wildman–Crippen LogP) is 1.48. The molecule has 0 bridgehead atoms. The molecule has 0 fully saturated rings. The first-order chi connectivity index (χ1) is 11.5. The molecule has 0 aromatic carbocycles. The fourth-order valence-electron chi connectivity index (χ4n) is 2.89. The van der Waals surface area contributed by atoms with E-state index in [1.807, 2.05) is 6.08 Å². The van der Waals surface area contributed by atoms with Crippen LogP contribution in [-0.2, 0) is 26.6 Å². The third-order valence-corrected chi connectivity index (χ3v) is 11.1. The van der Waals surface area contributed by atoms with Gasteiger partial charge >= 0.3 is 149 Å². The molecule has 24 heavy (non-hydrogen) atoms. The van der Waals surface area contributed by atoms with Crippen molar-refractivity contribution in [3.63, 3.8) is 0 Å². The molecule has 7 nitrogen and oxygen atoms in total. The molecule has 0 saturated heterocycles. The third-order valence-electron chi connectivity index (χ3n) is 4.61. The Kier molecular flexibility index (Phi) is 13.1. The topological polar surface area (TPSA) is 58.6 Å². The molecule has 0 aliphatic rings. The van der Waals surface area contributed by atoms with Crippen molar-refractivity contribution < 1.29 is 26.6 Å². The summed E-state index contributed by atoms with van der Waals surface area (Å²) in [6.07, 6.45) is 3.83. The number of nitrogens with zero attached hydrogens (tertiary/aromatic N) is 1. The van der Waals surface area contributed by atoms with Crippen LogP contribution in [0.2, 0.25) is 12.1 Å². The molecule has 0 radical (unpaired) electrons. The minimum atomic E-state index is -2.79. The van der Waals surface area contributed by atoms with Crippen molar-refractivity contribution in [3.8, 4) is 0 Å². The number of hydrogen-bond acceptors (Lipinski definition) is 7. The van der Waals surface area contributed by atoms with Crippen molar-refractivity contribution in [2.45, 2.75) is 24.9 Å². The van der Waals surface area contributed by atoms with E-state index in [-0.39, 0.29) is 0 Å². The second-order valence-electron chi connectivity index (χ2n) is 5.87. The second kappa shape index (κ2) is 13.1. The van der Waals surface area contributed by atoms with Crippen LogP contribution in [0.25, 0.3) is 0 Å². The summed E-state index contributed by atoms with van der Waals surface area (Å²) in [4.78, 5) is 2.35. The Labute approximate surface area is 149 Å². The van der Waals surface area contributed by atoms with Crippen LogP contribution < -0.4 is 0 Å². The molecule has 0 amide bonds. The van der Waals surface area contributed by atoms with Crippen molar-refractivity contribution in [3.05, 3.63) is 12.7 Å². The zero-order valence-electron chi connectivity index (χ0n) is 16.3. The van der Waals surface area contributed by atoms with E-state index in [4.69, 9.17) is 26.6 Å². The average molecular weight is 384 g/mol. The van der Waals surface area contributed by atoms with Crippen LogP contribution in [0.4, 0.5) is 0 Å². The fourth-order valence-corrected chi connectivity index (χ4v) is 6.83.